The van der Waals surface area contributed by atoms with E-state index in [1.807, 2.05) is 9.80 Å². The van der Waals surface area contributed by atoms with Gasteiger partial charge in [0.25, 0.3) is 0 Å². The maximum atomic E-state index is 12.8. The average Bonchev–Trinajstić information content (AvgIpc) is 3.33. The van der Waals surface area contributed by atoms with Crippen molar-refractivity contribution in [2.45, 2.75) is 45.4 Å². The van der Waals surface area contributed by atoms with Gasteiger partial charge >= 0.3 is 12.0 Å². The molecule has 0 unspecified atom stereocenters. The van der Waals surface area contributed by atoms with Crippen LogP contribution in [0.5, 0.6) is 0 Å². The third-order valence-electron chi connectivity index (χ3n) is 6.71. The van der Waals surface area contributed by atoms with Crippen LogP contribution in [0, 0.1) is 11.8 Å². The van der Waals surface area contributed by atoms with Crippen LogP contribution in [-0.4, -0.2) is 103 Å². The van der Waals surface area contributed by atoms with Crippen molar-refractivity contribution in [2.24, 2.45) is 11.8 Å². The summed E-state index contributed by atoms with van der Waals surface area (Å²) in [6, 6.07) is 0.0955. The number of urea groups is 1. The average molecular weight is 437 g/mol. The molecule has 9 nitrogen and oxygen atoms in total. The fraction of sp³-hybridized carbons (Fsp3) is 0.818. The number of carbonyl (C=O) groups is 4. The van der Waals surface area contributed by atoms with Gasteiger partial charge in [0.2, 0.25) is 11.8 Å². The lowest BCUT2D eigenvalue weighted by Crippen LogP contribution is -2.49. The zero-order valence-corrected chi connectivity index (χ0v) is 18.9. The van der Waals surface area contributed by atoms with Crippen LogP contribution in [0.15, 0.2) is 0 Å². The van der Waals surface area contributed by atoms with Gasteiger partial charge in [0, 0.05) is 52.2 Å². The Hall–Kier alpha value is -2.32. The van der Waals surface area contributed by atoms with Gasteiger partial charge in [0.05, 0.1) is 19.1 Å². The fourth-order valence-electron chi connectivity index (χ4n) is 4.74. The maximum Gasteiger partial charge on any atom is 0.319 e. The van der Waals surface area contributed by atoms with Crippen LogP contribution < -0.4 is 0 Å². The number of likely N-dealkylation sites (N-methyl/N-ethyl adjacent to an activating group) is 1. The summed E-state index contributed by atoms with van der Waals surface area (Å²) in [6.45, 7) is 6.09. The molecule has 0 N–H and O–H groups in total. The largest absolute Gasteiger partial charge is 0.466 e. The zero-order valence-electron chi connectivity index (χ0n) is 18.9. The van der Waals surface area contributed by atoms with Gasteiger partial charge in [-0.15, -0.1) is 0 Å². The van der Waals surface area contributed by atoms with Crippen LogP contribution in [-0.2, 0) is 19.1 Å². The van der Waals surface area contributed by atoms with Gasteiger partial charge in [-0.3, -0.25) is 14.4 Å². The third kappa shape index (κ3) is 5.89. The molecule has 9 heteroatoms. The lowest BCUT2D eigenvalue weighted by atomic mass is 9.95. The SMILES string of the molecule is CCOC(=O)C1CCN(C(=O)CN(C)C(=O)C2CCN(C(=O)N3CCCC3)CC2)CC1. The molecule has 0 saturated carbocycles. The summed E-state index contributed by atoms with van der Waals surface area (Å²) in [4.78, 5) is 56.9. The molecule has 4 amide bonds. The van der Waals surface area contributed by atoms with E-state index < -0.39 is 0 Å². The summed E-state index contributed by atoms with van der Waals surface area (Å²) in [6.07, 6.45) is 4.63. The standard InChI is InChI=1S/C22H36N4O5/c1-3-31-21(29)18-8-12-24(13-9-18)19(27)16-23(2)20(28)17-6-14-26(15-7-17)22(30)25-10-4-5-11-25/h17-18H,3-16H2,1-2H3. The van der Waals surface area contributed by atoms with E-state index in [1.165, 1.54) is 4.90 Å². The van der Waals surface area contributed by atoms with Gasteiger partial charge in [0.1, 0.15) is 0 Å². The number of rotatable bonds is 5. The second-order valence-electron chi connectivity index (χ2n) is 8.84. The number of hydrogen-bond donors (Lipinski definition) is 0. The molecule has 3 saturated heterocycles. The summed E-state index contributed by atoms with van der Waals surface area (Å²) < 4.78 is 5.07. The minimum Gasteiger partial charge on any atom is -0.466 e. The first-order valence-corrected chi connectivity index (χ1v) is 11.6. The van der Waals surface area contributed by atoms with Crippen LogP contribution in [0.2, 0.25) is 0 Å². The first-order chi connectivity index (χ1) is 14.9. The van der Waals surface area contributed by atoms with Gasteiger partial charge in [0.15, 0.2) is 0 Å². The number of likely N-dealkylation sites (tertiary alicyclic amines) is 3. The van der Waals surface area contributed by atoms with Crippen molar-refractivity contribution in [3.8, 4) is 0 Å². The second kappa shape index (κ2) is 10.8. The Labute approximate surface area is 184 Å². The Kier molecular flexibility index (Phi) is 8.15. The van der Waals surface area contributed by atoms with E-state index in [-0.39, 0.29) is 42.2 Å². The summed E-state index contributed by atoms with van der Waals surface area (Å²) >= 11 is 0. The van der Waals surface area contributed by atoms with Crippen molar-refractivity contribution in [1.29, 1.82) is 0 Å². The molecule has 3 heterocycles. The van der Waals surface area contributed by atoms with Crippen molar-refractivity contribution in [3.05, 3.63) is 0 Å². The number of carbonyl (C=O) groups excluding carboxylic acids is 4. The summed E-state index contributed by atoms with van der Waals surface area (Å²) in [7, 11) is 1.67. The van der Waals surface area contributed by atoms with E-state index >= 15 is 0 Å². The van der Waals surface area contributed by atoms with Crippen LogP contribution in [0.25, 0.3) is 0 Å². The number of nitrogens with zero attached hydrogens (tertiary/aromatic N) is 4. The summed E-state index contributed by atoms with van der Waals surface area (Å²) in [5.41, 5.74) is 0. The highest BCUT2D eigenvalue weighted by Gasteiger charge is 2.33. The highest BCUT2D eigenvalue weighted by molar-refractivity contribution is 5.86. The Morgan fingerprint density at radius 1 is 0.806 bits per heavy atom. The molecule has 0 aliphatic carbocycles. The normalized spacial score (nSPS) is 20.6. The van der Waals surface area contributed by atoms with Gasteiger partial charge < -0.3 is 24.3 Å². The summed E-state index contributed by atoms with van der Waals surface area (Å²) in [5, 5.41) is 0. The molecule has 3 rings (SSSR count). The predicted octanol–water partition coefficient (Wildman–Crippen LogP) is 1.17. The van der Waals surface area contributed by atoms with E-state index in [1.54, 1.807) is 18.9 Å². The molecular formula is C22H36N4O5. The molecule has 0 radical (unpaired) electrons. The van der Waals surface area contributed by atoms with Crippen LogP contribution >= 0.6 is 0 Å². The van der Waals surface area contributed by atoms with E-state index in [0.29, 0.717) is 58.5 Å². The Morgan fingerprint density at radius 3 is 1.90 bits per heavy atom. The Balaban J connectivity index is 1.40. The molecule has 0 aromatic heterocycles. The minimum atomic E-state index is -0.184. The van der Waals surface area contributed by atoms with Gasteiger partial charge in [-0.25, -0.2) is 4.79 Å². The highest BCUT2D eigenvalue weighted by atomic mass is 16.5. The molecular weight excluding hydrogens is 400 g/mol. The number of ether oxygens (including phenoxy) is 1. The van der Waals surface area contributed by atoms with E-state index in [2.05, 4.69) is 0 Å². The highest BCUT2D eigenvalue weighted by Crippen LogP contribution is 2.22. The number of hydrogen-bond acceptors (Lipinski definition) is 5. The molecule has 0 bridgehead atoms. The molecule has 0 aromatic carbocycles. The third-order valence-corrected chi connectivity index (χ3v) is 6.71. The predicted molar refractivity (Wildman–Crippen MR) is 114 cm³/mol. The van der Waals surface area contributed by atoms with Crippen LogP contribution in [0.4, 0.5) is 4.79 Å². The molecule has 3 aliphatic heterocycles. The van der Waals surface area contributed by atoms with Crippen molar-refractivity contribution in [3.63, 3.8) is 0 Å². The fourth-order valence-corrected chi connectivity index (χ4v) is 4.74. The number of esters is 1. The number of amides is 4. The lowest BCUT2D eigenvalue weighted by Gasteiger charge is -2.36. The Bertz CT molecular complexity index is 663. The zero-order chi connectivity index (χ0) is 22.4. The maximum absolute atomic E-state index is 12.8. The summed E-state index contributed by atoms with van der Waals surface area (Å²) in [5.74, 6) is -0.578. The monoisotopic (exact) mass is 436 g/mol. The van der Waals surface area contributed by atoms with Gasteiger partial charge in [-0.05, 0) is 45.4 Å². The van der Waals surface area contributed by atoms with E-state index in [4.69, 9.17) is 4.74 Å². The molecule has 0 atom stereocenters. The van der Waals surface area contributed by atoms with Crippen molar-refractivity contribution in [2.75, 3.05) is 59.5 Å². The second-order valence-corrected chi connectivity index (χ2v) is 8.84. The minimum absolute atomic E-state index is 0.0250. The molecule has 0 aromatic rings. The quantitative estimate of drug-likeness (QED) is 0.604. The van der Waals surface area contributed by atoms with Crippen LogP contribution in [0.3, 0.4) is 0 Å². The molecule has 0 spiro atoms. The van der Waals surface area contributed by atoms with Crippen molar-refractivity contribution < 1.29 is 23.9 Å². The molecule has 174 valence electrons. The van der Waals surface area contributed by atoms with Crippen molar-refractivity contribution in [1.82, 2.24) is 19.6 Å². The van der Waals surface area contributed by atoms with Gasteiger partial charge in [-0.2, -0.15) is 0 Å². The van der Waals surface area contributed by atoms with Crippen molar-refractivity contribution >= 4 is 23.8 Å². The first kappa shape index (κ1) is 23.3. The number of piperidine rings is 2. The van der Waals surface area contributed by atoms with E-state index in [0.717, 1.165) is 25.9 Å². The van der Waals surface area contributed by atoms with Crippen LogP contribution in [0.1, 0.15) is 45.4 Å². The van der Waals surface area contributed by atoms with Gasteiger partial charge in [-0.1, -0.05) is 0 Å². The van der Waals surface area contributed by atoms with E-state index in [9.17, 15) is 19.2 Å². The lowest BCUT2D eigenvalue weighted by molar-refractivity contribution is -0.151. The topological polar surface area (TPSA) is 90.5 Å². The smallest absolute Gasteiger partial charge is 0.319 e. The Morgan fingerprint density at radius 2 is 1.32 bits per heavy atom. The molecule has 3 fully saturated rings. The first-order valence-electron chi connectivity index (χ1n) is 11.6. The molecule has 3 aliphatic rings. The molecule has 31 heavy (non-hydrogen) atoms.